The van der Waals surface area contributed by atoms with Crippen molar-refractivity contribution in [2.75, 3.05) is 26.3 Å². The zero-order chi connectivity index (χ0) is 16.4. The molecule has 126 valence electrons. The molecule has 1 atom stereocenters. The van der Waals surface area contributed by atoms with Crippen molar-refractivity contribution in [3.8, 4) is 0 Å². The van der Waals surface area contributed by atoms with Crippen molar-refractivity contribution in [1.29, 1.82) is 0 Å². The Labute approximate surface area is 139 Å². The summed E-state index contributed by atoms with van der Waals surface area (Å²) in [5.74, 6) is 0.763. The van der Waals surface area contributed by atoms with Gasteiger partial charge < -0.3 is 20.5 Å². The van der Waals surface area contributed by atoms with E-state index >= 15 is 0 Å². The van der Waals surface area contributed by atoms with E-state index in [4.69, 9.17) is 4.74 Å². The van der Waals surface area contributed by atoms with Crippen molar-refractivity contribution in [3.63, 3.8) is 0 Å². The van der Waals surface area contributed by atoms with Crippen LogP contribution in [0.4, 0.5) is 0 Å². The molecule has 0 bridgehead atoms. The molecule has 3 heterocycles. The number of rotatable bonds is 5. The molecule has 1 aromatic carbocycles. The van der Waals surface area contributed by atoms with Crippen LogP contribution in [0.5, 0.6) is 0 Å². The quantitative estimate of drug-likeness (QED) is 0.583. The molecule has 0 saturated carbocycles. The lowest BCUT2D eigenvalue weighted by atomic mass is 10.2. The standard InChI is InChI=1S/C16H20N6O2/c23-10-17-14-8-18-21-15(14)16-19-12-2-1-11(7-13(12)20-16)9-22-3-5-24-6-4-22/h1-2,7-8,10,15,18,21H,3-6,9H2,(H,17,23)(H,19,20). The van der Waals surface area contributed by atoms with Gasteiger partial charge in [0.15, 0.2) is 0 Å². The molecule has 8 heteroatoms. The maximum atomic E-state index is 10.7. The van der Waals surface area contributed by atoms with Crippen LogP contribution < -0.4 is 16.2 Å². The van der Waals surface area contributed by atoms with Gasteiger partial charge in [-0.3, -0.25) is 9.69 Å². The third kappa shape index (κ3) is 2.99. The number of ether oxygens (including phenoxy) is 1. The highest BCUT2D eigenvalue weighted by Gasteiger charge is 2.24. The molecule has 1 aromatic heterocycles. The molecule has 2 aliphatic rings. The molecule has 0 spiro atoms. The summed E-state index contributed by atoms with van der Waals surface area (Å²) in [5, 5.41) is 2.68. The molecule has 2 aliphatic heterocycles. The van der Waals surface area contributed by atoms with Gasteiger partial charge in [0.25, 0.3) is 0 Å². The van der Waals surface area contributed by atoms with E-state index in [1.54, 1.807) is 6.20 Å². The fraction of sp³-hybridized carbons (Fsp3) is 0.375. The van der Waals surface area contributed by atoms with E-state index in [-0.39, 0.29) is 6.04 Å². The van der Waals surface area contributed by atoms with Crippen LogP contribution in [-0.4, -0.2) is 47.6 Å². The highest BCUT2D eigenvalue weighted by molar-refractivity contribution is 5.76. The van der Waals surface area contributed by atoms with Gasteiger partial charge in [-0.2, -0.15) is 0 Å². The predicted octanol–water partition coefficient (Wildman–Crippen LogP) is 0.131. The topological polar surface area (TPSA) is 94.3 Å². The number of nitrogens with one attached hydrogen (secondary N) is 4. The molecule has 1 fully saturated rings. The summed E-state index contributed by atoms with van der Waals surface area (Å²) in [6.07, 6.45) is 2.38. The lowest BCUT2D eigenvalue weighted by Gasteiger charge is -2.26. The lowest BCUT2D eigenvalue weighted by molar-refractivity contribution is -0.109. The number of morpholine rings is 1. The van der Waals surface area contributed by atoms with Crippen molar-refractivity contribution in [2.45, 2.75) is 12.6 Å². The van der Waals surface area contributed by atoms with Crippen LogP contribution in [0.3, 0.4) is 0 Å². The van der Waals surface area contributed by atoms with E-state index in [0.29, 0.717) is 6.41 Å². The van der Waals surface area contributed by atoms with Gasteiger partial charge in [-0.1, -0.05) is 6.07 Å². The Morgan fingerprint density at radius 2 is 2.25 bits per heavy atom. The SMILES string of the molecule is O=CNC1=CNNC1c1nc2ccc(CN3CCOCC3)cc2[nH]1. The predicted molar refractivity (Wildman–Crippen MR) is 88.5 cm³/mol. The molecule has 8 nitrogen and oxygen atoms in total. The first kappa shape index (κ1) is 15.1. The molecule has 1 unspecified atom stereocenters. The number of imidazole rings is 1. The first-order valence-corrected chi connectivity index (χ1v) is 8.03. The molecule has 0 aliphatic carbocycles. The van der Waals surface area contributed by atoms with Gasteiger partial charge in [-0.25, -0.2) is 10.4 Å². The lowest BCUT2D eigenvalue weighted by Crippen LogP contribution is -2.35. The van der Waals surface area contributed by atoms with Gasteiger partial charge in [0.05, 0.1) is 29.9 Å². The Balaban J connectivity index is 1.55. The van der Waals surface area contributed by atoms with Crippen molar-refractivity contribution in [2.24, 2.45) is 0 Å². The largest absolute Gasteiger partial charge is 0.379 e. The zero-order valence-corrected chi connectivity index (χ0v) is 13.2. The number of H-pyrrole nitrogens is 1. The Kier molecular flexibility index (Phi) is 4.16. The summed E-state index contributed by atoms with van der Waals surface area (Å²) < 4.78 is 5.39. The minimum Gasteiger partial charge on any atom is -0.379 e. The van der Waals surface area contributed by atoms with Crippen LogP contribution in [0.25, 0.3) is 11.0 Å². The Morgan fingerprint density at radius 1 is 1.38 bits per heavy atom. The zero-order valence-electron chi connectivity index (χ0n) is 13.2. The van der Waals surface area contributed by atoms with Gasteiger partial charge in [0, 0.05) is 25.8 Å². The molecule has 1 saturated heterocycles. The van der Waals surface area contributed by atoms with E-state index in [1.807, 2.05) is 6.07 Å². The number of hydrogen-bond acceptors (Lipinski definition) is 6. The average molecular weight is 328 g/mol. The number of benzene rings is 1. The fourth-order valence-corrected chi connectivity index (χ4v) is 3.10. The van der Waals surface area contributed by atoms with Gasteiger partial charge in [-0.15, -0.1) is 0 Å². The summed E-state index contributed by atoms with van der Waals surface area (Å²) in [6.45, 7) is 4.45. The highest BCUT2D eigenvalue weighted by atomic mass is 16.5. The van der Waals surface area contributed by atoms with Gasteiger partial charge in [-0.05, 0) is 17.7 Å². The van der Waals surface area contributed by atoms with Crippen molar-refractivity contribution in [3.05, 3.63) is 41.5 Å². The molecule has 0 radical (unpaired) electrons. The van der Waals surface area contributed by atoms with E-state index < -0.39 is 0 Å². The monoisotopic (exact) mass is 328 g/mol. The number of carbonyl (C=O) groups excluding carboxylic acids is 1. The van der Waals surface area contributed by atoms with E-state index in [9.17, 15) is 4.79 Å². The molecular weight excluding hydrogens is 308 g/mol. The summed E-state index contributed by atoms with van der Waals surface area (Å²) in [5.41, 5.74) is 9.86. The number of aromatic nitrogens is 2. The first-order valence-electron chi connectivity index (χ1n) is 8.03. The number of hydrazine groups is 1. The van der Waals surface area contributed by atoms with Crippen LogP contribution in [0.15, 0.2) is 30.1 Å². The number of fused-ring (bicyclic) bond motifs is 1. The van der Waals surface area contributed by atoms with Crippen LogP contribution in [-0.2, 0) is 16.1 Å². The maximum absolute atomic E-state index is 10.7. The Hall–Kier alpha value is -2.42. The summed E-state index contributed by atoms with van der Waals surface area (Å²) in [6, 6.07) is 6.08. The van der Waals surface area contributed by atoms with E-state index in [0.717, 1.165) is 55.4 Å². The van der Waals surface area contributed by atoms with Crippen LogP contribution in [0.1, 0.15) is 17.4 Å². The van der Waals surface area contributed by atoms with Gasteiger partial charge in [0.2, 0.25) is 6.41 Å². The first-order chi connectivity index (χ1) is 11.8. The van der Waals surface area contributed by atoms with Crippen LogP contribution in [0.2, 0.25) is 0 Å². The smallest absolute Gasteiger partial charge is 0.211 e. The minimum atomic E-state index is -0.203. The normalized spacial score (nSPS) is 21.5. The summed E-state index contributed by atoms with van der Waals surface area (Å²) in [7, 11) is 0. The summed E-state index contributed by atoms with van der Waals surface area (Å²) in [4.78, 5) is 21.1. The second-order valence-corrected chi connectivity index (χ2v) is 5.95. The van der Waals surface area contributed by atoms with E-state index in [2.05, 4.69) is 43.2 Å². The molecule has 4 rings (SSSR count). The number of carbonyl (C=O) groups is 1. The van der Waals surface area contributed by atoms with Gasteiger partial charge >= 0.3 is 0 Å². The minimum absolute atomic E-state index is 0.203. The van der Waals surface area contributed by atoms with Crippen molar-refractivity contribution < 1.29 is 9.53 Å². The number of amides is 1. The molecule has 4 N–H and O–H groups in total. The molecule has 24 heavy (non-hydrogen) atoms. The second kappa shape index (κ2) is 6.60. The van der Waals surface area contributed by atoms with Crippen LogP contribution in [0, 0.1) is 0 Å². The number of nitrogens with zero attached hydrogens (tertiary/aromatic N) is 2. The fourth-order valence-electron chi connectivity index (χ4n) is 3.10. The molecular formula is C16H20N6O2. The average Bonchev–Trinajstić information content (AvgIpc) is 3.22. The molecule has 1 amide bonds. The van der Waals surface area contributed by atoms with Gasteiger partial charge in [0.1, 0.15) is 11.9 Å². The number of hydrogen-bond donors (Lipinski definition) is 4. The third-order valence-electron chi connectivity index (χ3n) is 4.34. The Bertz CT molecular complexity index is 765. The third-order valence-corrected chi connectivity index (χ3v) is 4.34. The molecule has 2 aromatic rings. The van der Waals surface area contributed by atoms with Crippen molar-refractivity contribution in [1.82, 2.24) is 31.0 Å². The summed E-state index contributed by atoms with van der Waals surface area (Å²) >= 11 is 0. The second-order valence-electron chi connectivity index (χ2n) is 5.95. The maximum Gasteiger partial charge on any atom is 0.211 e. The van der Waals surface area contributed by atoms with Crippen LogP contribution >= 0.6 is 0 Å². The van der Waals surface area contributed by atoms with E-state index in [1.165, 1.54) is 5.56 Å². The number of aromatic amines is 1. The highest BCUT2D eigenvalue weighted by Crippen LogP contribution is 2.23. The van der Waals surface area contributed by atoms with Crippen molar-refractivity contribution >= 4 is 17.4 Å². The Morgan fingerprint density at radius 3 is 3.08 bits per heavy atom.